The number of nitrogens with zero attached hydrogens (tertiary/aromatic N) is 3. The van der Waals surface area contributed by atoms with Gasteiger partial charge in [0.25, 0.3) is 5.56 Å². The quantitative estimate of drug-likeness (QED) is 0.729. The Bertz CT molecular complexity index is 872. The first-order valence-corrected chi connectivity index (χ1v) is 7.67. The maximum absolute atomic E-state index is 12.1. The van der Waals surface area contributed by atoms with Crippen LogP contribution in [0.1, 0.15) is 12.8 Å². The lowest BCUT2D eigenvalue weighted by molar-refractivity contribution is -0.121. The second kappa shape index (κ2) is 5.69. The van der Waals surface area contributed by atoms with Gasteiger partial charge in [-0.3, -0.25) is 18.7 Å². The van der Waals surface area contributed by atoms with Crippen LogP contribution in [0.25, 0.3) is 11.0 Å². The van der Waals surface area contributed by atoms with Crippen LogP contribution in [0.15, 0.2) is 21.9 Å². The SMILES string of the molecule is Cn1c(=O)c2ccn(CC(=O)NCC(N)C3CC3)c2n(C)c1=O. The highest BCUT2D eigenvalue weighted by Gasteiger charge is 2.28. The molecule has 1 aliphatic rings. The van der Waals surface area contributed by atoms with Crippen LogP contribution in [-0.2, 0) is 25.4 Å². The summed E-state index contributed by atoms with van der Waals surface area (Å²) in [5.41, 5.74) is 5.62. The maximum Gasteiger partial charge on any atom is 0.332 e. The molecule has 2 aromatic rings. The van der Waals surface area contributed by atoms with E-state index in [1.807, 2.05) is 0 Å². The van der Waals surface area contributed by atoms with Crippen molar-refractivity contribution < 1.29 is 4.79 Å². The van der Waals surface area contributed by atoms with Crippen LogP contribution in [-0.4, -0.2) is 32.2 Å². The molecular formula is C15H21N5O3. The van der Waals surface area contributed by atoms with Crippen molar-refractivity contribution in [3.63, 3.8) is 0 Å². The van der Waals surface area contributed by atoms with Gasteiger partial charge in [0, 0.05) is 32.9 Å². The average molecular weight is 319 g/mol. The summed E-state index contributed by atoms with van der Waals surface area (Å²) in [4.78, 5) is 36.2. The van der Waals surface area contributed by atoms with Crippen LogP contribution in [0.2, 0.25) is 0 Å². The summed E-state index contributed by atoms with van der Waals surface area (Å²) in [6.45, 7) is 0.491. The van der Waals surface area contributed by atoms with Crippen molar-refractivity contribution in [2.75, 3.05) is 6.54 Å². The second-order valence-electron chi connectivity index (χ2n) is 6.19. The number of aromatic nitrogens is 3. The number of hydrogen-bond acceptors (Lipinski definition) is 4. The highest BCUT2D eigenvalue weighted by atomic mass is 16.2. The standard InChI is InChI=1S/C15H21N5O3/c1-18-13-10(14(22)19(2)15(18)23)5-6-20(13)8-12(21)17-7-11(16)9-3-4-9/h5-6,9,11H,3-4,7-8,16H2,1-2H3,(H,17,21). The Labute approximate surface area is 132 Å². The van der Waals surface area contributed by atoms with Crippen LogP contribution in [0, 0.1) is 5.92 Å². The molecule has 0 bridgehead atoms. The van der Waals surface area contributed by atoms with E-state index < -0.39 is 5.69 Å². The van der Waals surface area contributed by atoms with Crippen molar-refractivity contribution in [3.05, 3.63) is 33.1 Å². The van der Waals surface area contributed by atoms with E-state index in [1.54, 1.807) is 23.9 Å². The number of aryl methyl sites for hydroxylation is 1. The molecule has 1 atom stereocenters. The van der Waals surface area contributed by atoms with Gasteiger partial charge in [-0.1, -0.05) is 0 Å². The number of amides is 1. The molecule has 1 unspecified atom stereocenters. The fourth-order valence-electron chi connectivity index (χ4n) is 2.85. The van der Waals surface area contributed by atoms with Gasteiger partial charge in [-0.15, -0.1) is 0 Å². The maximum atomic E-state index is 12.1. The van der Waals surface area contributed by atoms with Gasteiger partial charge in [-0.05, 0) is 24.8 Å². The van der Waals surface area contributed by atoms with Gasteiger partial charge in [0.05, 0.1) is 5.39 Å². The van der Waals surface area contributed by atoms with E-state index in [-0.39, 0.29) is 24.1 Å². The molecule has 0 aromatic carbocycles. The van der Waals surface area contributed by atoms with E-state index in [9.17, 15) is 14.4 Å². The third kappa shape index (κ3) is 2.81. The predicted molar refractivity (Wildman–Crippen MR) is 86.1 cm³/mol. The Morgan fingerprint density at radius 2 is 2.04 bits per heavy atom. The summed E-state index contributed by atoms with van der Waals surface area (Å²) < 4.78 is 4.04. The topological polar surface area (TPSA) is 104 Å². The normalized spacial score (nSPS) is 15.8. The molecule has 3 N–H and O–H groups in total. The third-order valence-corrected chi connectivity index (χ3v) is 4.44. The van der Waals surface area contributed by atoms with E-state index in [4.69, 9.17) is 5.73 Å². The average Bonchev–Trinajstić information content (AvgIpc) is 3.30. The summed E-state index contributed by atoms with van der Waals surface area (Å²) in [6.07, 6.45) is 3.90. The van der Waals surface area contributed by atoms with Gasteiger partial charge >= 0.3 is 5.69 Å². The summed E-state index contributed by atoms with van der Waals surface area (Å²) in [5.74, 6) is 0.332. The summed E-state index contributed by atoms with van der Waals surface area (Å²) in [7, 11) is 3.02. The Kier molecular flexibility index (Phi) is 3.85. The van der Waals surface area contributed by atoms with E-state index in [2.05, 4.69) is 5.32 Å². The fourth-order valence-corrected chi connectivity index (χ4v) is 2.85. The summed E-state index contributed by atoms with van der Waals surface area (Å²) >= 11 is 0. The van der Waals surface area contributed by atoms with Gasteiger partial charge in [0.2, 0.25) is 5.91 Å². The summed E-state index contributed by atoms with van der Waals surface area (Å²) in [5, 5.41) is 3.23. The molecule has 3 rings (SSSR count). The Balaban J connectivity index is 1.82. The smallest absolute Gasteiger partial charge is 0.332 e. The molecule has 0 spiro atoms. The first kappa shape index (κ1) is 15.5. The number of hydrogen-bond donors (Lipinski definition) is 2. The Morgan fingerprint density at radius 1 is 1.35 bits per heavy atom. The second-order valence-corrected chi connectivity index (χ2v) is 6.19. The van der Waals surface area contributed by atoms with Crippen molar-refractivity contribution in [2.24, 2.45) is 25.7 Å². The highest BCUT2D eigenvalue weighted by molar-refractivity contribution is 5.80. The zero-order chi connectivity index (χ0) is 16.7. The number of nitrogens with one attached hydrogen (secondary N) is 1. The molecule has 0 aliphatic heterocycles. The molecule has 8 nitrogen and oxygen atoms in total. The van der Waals surface area contributed by atoms with Gasteiger partial charge in [0.15, 0.2) is 0 Å². The Morgan fingerprint density at radius 3 is 2.70 bits per heavy atom. The minimum absolute atomic E-state index is 0.00277. The predicted octanol–water partition coefficient (Wildman–Crippen LogP) is -1.11. The molecule has 124 valence electrons. The van der Waals surface area contributed by atoms with Crippen molar-refractivity contribution >= 4 is 16.9 Å². The van der Waals surface area contributed by atoms with Crippen LogP contribution < -0.4 is 22.3 Å². The highest BCUT2D eigenvalue weighted by Crippen LogP contribution is 2.31. The fraction of sp³-hybridized carbons (Fsp3) is 0.533. The van der Waals surface area contributed by atoms with E-state index in [0.29, 0.717) is 23.5 Å². The van der Waals surface area contributed by atoms with Gasteiger partial charge in [0.1, 0.15) is 12.2 Å². The lowest BCUT2D eigenvalue weighted by Gasteiger charge is -2.13. The number of rotatable bonds is 5. The molecule has 0 saturated heterocycles. The largest absolute Gasteiger partial charge is 0.353 e. The van der Waals surface area contributed by atoms with Crippen LogP contribution in [0.5, 0.6) is 0 Å². The number of fused-ring (bicyclic) bond motifs is 1. The molecular weight excluding hydrogens is 298 g/mol. The minimum atomic E-state index is -0.418. The number of carbonyl (C=O) groups excluding carboxylic acids is 1. The van der Waals surface area contributed by atoms with Gasteiger partial charge in [-0.2, -0.15) is 0 Å². The van der Waals surface area contributed by atoms with E-state index in [0.717, 1.165) is 17.4 Å². The molecule has 0 radical (unpaired) electrons. The zero-order valence-corrected chi connectivity index (χ0v) is 13.3. The molecule has 23 heavy (non-hydrogen) atoms. The number of nitrogens with two attached hydrogens (primary N) is 1. The third-order valence-electron chi connectivity index (χ3n) is 4.44. The molecule has 1 amide bonds. The van der Waals surface area contributed by atoms with Crippen molar-refractivity contribution in [1.29, 1.82) is 0 Å². The van der Waals surface area contributed by atoms with Gasteiger partial charge in [-0.25, -0.2) is 4.79 Å². The lowest BCUT2D eigenvalue weighted by atomic mass is 10.2. The zero-order valence-electron chi connectivity index (χ0n) is 13.3. The van der Waals surface area contributed by atoms with Crippen LogP contribution >= 0.6 is 0 Å². The van der Waals surface area contributed by atoms with E-state index in [1.165, 1.54) is 11.6 Å². The Hall–Kier alpha value is -2.35. The first-order chi connectivity index (χ1) is 10.9. The number of carbonyl (C=O) groups is 1. The molecule has 2 aromatic heterocycles. The first-order valence-electron chi connectivity index (χ1n) is 7.67. The van der Waals surface area contributed by atoms with Crippen molar-refractivity contribution in [3.8, 4) is 0 Å². The molecule has 1 fully saturated rings. The van der Waals surface area contributed by atoms with Crippen LogP contribution in [0.3, 0.4) is 0 Å². The monoisotopic (exact) mass is 319 g/mol. The lowest BCUT2D eigenvalue weighted by Crippen LogP contribution is -2.40. The molecule has 1 aliphatic carbocycles. The summed E-state index contributed by atoms with van der Waals surface area (Å²) in [6, 6.07) is 1.62. The molecule has 1 saturated carbocycles. The van der Waals surface area contributed by atoms with E-state index >= 15 is 0 Å². The van der Waals surface area contributed by atoms with Crippen LogP contribution in [0.4, 0.5) is 0 Å². The van der Waals surface area contributed by atoms with Crippen molar-refractivity contribution in [1.82, 2.24) is 19.0 Å². The molecule has 2 heterocycles. The minimum Gasteiger partial charge on any atom is -0.353 e. The van der Waals surface area contributed by atoms with Gasteiger partial charge < -0.3 is 15.6 Å². The van der Waals surface area contributed by atoms with Crippen molar-refractivity contribution in [2.45, 2.75) is 25.4 Å². The molecule has 8 heteroatoms.